The van der Waals surface area contributed by atoms with Crippen molar-refractivity contribution in [3.63, 3.8) is 0 Å². The van der Waals surface area contributed by atoms with Crippen LogP contribution in [0.25, 0.3) is 0 Å². The summed E-state index contributed by atoms with van der Waals surface area (Å²) in [5.74, 6) is -2.38. The van der Waals surface area contributed by atoms with Crippen LogP contribution in [-0.4, -0.2) is 97.2 Å². The molecular weight excluding hydrogens is 946 g/mol. The van der Waals surface area contributed by atoms with Crippen molar-refractivity contribution in [3.05, 3.63) is 71.8 Å². The average Bonchev–Trinajstić information content (AvgIpc) is 3.26. The molecule has 0 aromatic heterocycles. The van der Waals surface area contributed by atoms with Crippen molar-refractivity contribution in [2.45, 2.75) is 245 Å². The Kier molecular flexibility index (Phi) is 42.8. The van der Waals surface area contributed by atoms with Crippen molar-refractivity contribution >= 4 is 72.8 Å². The molecule has 0 spiro atoms. The predicted octanol–water partition coefficient (Wildman–Crippen LogP) is 11.1. The molecule has 0 saturated heterocycles. The van der Waals surface area contributed by atoms with E-state index in [-0.39, 0.29) is 85.9 Å². The van der Waals surface area contributed by atoms with E-state index in [9.17, 15) is 29.4 Å². The van der Waals surface area contributed by atoms with Gasteiger partial charge < -0.3 is 38.7 Å². The molecule has 4 atom stereocenters. The van der Waals surface area contributed by atoms with Gasteiger partial charge in [0.2, 0.25) is 0 Å². The molecule has 2 aromatic carbocycles. The van der Waals surface area contributed by atoms with Gasteiger partial charge >= 0.3 is 60.8 Å². The number of esters is 2. The van der Waals surface area contributed by atoms with Crippen LogP contribution in [-0.2, 0) is 51.3 Å². The van der Waals surface area contributed by atoms with E-state index in [4.69, 9.17) is 18.9 Å². The number of carbonyl (C=O) groups excluding carboxylic acids is 4. The number of carbonyl (C=O) groups is 4. The number of ether oxygens (including phenoxy) is 4. The van der Waals surface area contributed by atoms with Crippen molar-refractivity contribution in [2.75, 3.05) is 0 Å². The molecule has 0 bridgehead atoms. The topological polar surface area (TPSA) is 151 Å². The molecule has 11 heteroatoms. The minimum Gasteiger partial charge on any atom is -0.550 e. The molecule has 0 saturated carbocycles. The standard InChI is InChI=1S/2C27H44O5.Ba/c2*1-23(31-22-25-17-11-9-12-18-25)16-10-5-3-4-6-13-19-26(32-24(2)28)20-14-7-8-15-21-27(29)30;/h2*9,11-12,17-18,23,26H,3-8,10,13-16,19-22H2,1-2H3,(H,29,30);/q;;+2/p-2. The van der Waals surface area contributed by atoms with Gasteiger partial charge in [0.25, 0.3) is 0 Å². The van der Waals surface area contributed by atoms with Crippen LogP contribution in [0.15, 0.2) is 60.7 Å². The van der Waals surface area contributed by atoms with Gasteiger partial charge in [-0.05, 0) is 115 Å². The third kappa shape index (κ3) is 42.9. The summed E-state index contributed by atoms with van der Waals surface area (Å²) in [6, 6.07) is 20.6. The first-order chi connectivity index (χ1) is 30.9. The molecular formula is C54H86BaO10. The van der Waals surface area contributed by atoms with Gasteiger partial charge in [0.15, 0.2) is 0 Å². The minimum absolute atomic E-state index is 0. The van der Waals surface area contributed by atoms with Gasteiger partial charge in [-0.25, -0.2) is 0 Å². The van der Waals surface area contributed by atoms with Crippen LogP contribution in [0.5, 0.6) is 0 Å². The molecule has 0 radical (unpaired) electrons. The summed E-state index contributed by atoms with van der Waals surface area (Å²) in [4.78, 5) is 43.5. The summed E-state index contributed by atoms with van der Waals surface area (Å²) in [6.45, 7) is 8.62. The van der Waals surface area contributed by atoms with Crippen LogP contribution in [0.4, 0.5) is 0 Å². The Morgan fingerprint density at radius 1 is 0.415 bits per heavy atom. The zero-order valence-electron chi connectivity index (χ0n) is 41.1. The number of hydrogen-bond acceptors (Lipinski definition) is 10. The second-order valence-electron chi connectivity index (χ2n) is 17.7. The van der Waals surface area contributed by atoms with E-state index < -0.39 is 11.9 Å². The fraction of sp³-hybridized carbons (Fsp3) is 0.704. The Bertz CT molecular complexity index is 1320. The van der Waals surface area contributed by atoms with Crippen LogP contribution in [0.1, 0.15) is 219 Å². The maximum Gasteiger partial charge on any atom is 2.00 e. The van der Waals surface area contributed by atoms with E-state index in [2.05, 4.69) is 38.1 Å². The summed E-state index contributed by atoms with van der Waals surface area (Å²) < 4.78 is 22.8. The molecule has 0 heterocycles. The number of hydrogen-bond donors (Lipinski definition) is 0. The fourth-order valence-corrected chi connectivity index (χ4v) is 7.80. The van der Waals surface area contributed by atoms with Gasteiger partial charge in [0.1, 0.15) is 12.2 Å². The van der Waals surface area contributed by atoms with Crippen molar-refractivity contribution in [2.24, 2.45) is 0 Å². The molecule has 4 unspecified atom stereocenters. The number of aliphatic carboxylic acids is 2. The van der Waals surface area contributed by atoms with Crippen LogP contribution in [0, 0.1) is 0 Å². The van der Waals surface area contributed by atoms with Gasteiger partial charge in [-0.2, -0.15) is 0 Å². The molecule has 10 nitrogen and oxygen atoms in total. The largest absolute Gasteiger partial charge is 2.00 e. The second-order valence-corrected chi connectivity index (χ2v) is 17.7. The molecule has 2 rings (SSSR count). The number of benzene rings is 2. The molecule has 65 heavy (non-hydrogen) atoms. The first-order valence-electron chi connectivity index (χ1n) is 25.0. The van der Waals surface area contributed by atoms with Crippen LogP contribution in [0.2, 0.25) is 0 Å². The predicted molar refractivity (Wildman–Crippen MR) is 258 cm³/mol. The Hall–Kier alpha value is -2.19. The zero-order chi connectivity index (χ0) is 46.9. The third-order valence-corrected chi connectivity index (χ3v) is 11.5. The SMILES string of the molecule is CC(=O)OC(CCCCCCCCC(C)OCc1ccccc1)CCCCCCC(=O)[O-].CC(=O)OC(CCCCCCCCC(C)OCc1ccccc1)CCCCCCC(=O)[O-].[Ba+2]. The minimum atomic E-state index is -0.978. The number of carboxylic acids is 2. The first kappa shape index (κ1) is 62.8. The van der Waals surface area contributed by atoms with Crippen LogP contribution in [0.3, 0.4) is 0 Å². The fourth-order valence-electron chi connectivity index (χ4n) is 7.80. The van der Waals surface area contributed by atoms with E-state index >= 15 is 0 Å². The van der Waals surface area contributed by atoms with Gasteiger partial charge in [-0.15, -0.1) is 0 Å². The Morgan fingerprint density at radius 3 is 0.954 bits per heavy atom. The molecule has 0 aliphatic rings. The summed E-state index contributed by atoms with van der Waals surface area (Å²) in [7, 11) is 0. The normalized spacial score (nSPS) is 12.7. The van der Waals surface area contributed by atoms with Crippen molar-refractivity contribution < 1.29 is 48.3 Å². The second kappa shape index (κ2) is 44.3. The van der Waals surface area contributed by atoms with E-state index in [0.717, 1.165) is 89.9 Å². The van der Waals surface area contributed by atoms with E-state index in [0.29, 0.717) is 38.3 Å². The quantitative estimate of drug-likeness (QED) is 0.0358. The smallest absolute Gasteiger partial charge is 0.550 e. The molecule has 0 amide bonds. The maximum absolute atomic E-state index is 11.3. The molecule has 0 aliphatic carbocycles. The Balaban J connectivity index is 0.00000124. The molecule has 2 aromatic rings. The van der Waals surface area contributed by atoms with Gasteiger partial charge in [-0.3, -0.25) is 9.59 Å². The number of rotatable bonds is 40. The van der Waals surface area contributed by atoms with Gasteiger partial charge in [0.05, 0.1) is 25.4 Å². The number of unbranched alkanes of at least 4 members (excludes halogenated alkanes) is 16. The molecule has 0 fully saturated rings. The monoisotopic (exact) mass is 1030 g/mol. The van der Waals surface area contributed by atoms with Gasteiger partial charge in [0, 0.05) is 25.8 Å². The maximum atomic E-state index is 11.3. The van der Waals surface area contributed by atoms with Crippen LogP contribution >= 0.6 is 0 Å². The van der Waals surface area contributed by atoms with E-state index in [1.54, 1.807) is 0 Å². The summed E-state index contributed by atoms with van der Waals surface area (Å²) in [5, 5.41) is 20.8. The first-order valence-corrected chi connectivity index (χ1v) is 25.0. The van der Waals surface area contributed by atoms with Crippen molar-refractivity contribution in [1.29, 1.82) is 0 Å². The van der Waals surface area contributed by atoms with Crippen molar-refractivity contribution in [1.82, 2.24) is 0 Å². The van der Waals surface area contributed by atoms with Crippen molar-refractivity contribution in [3.8, 4) is 0 Å². The molecule has 0 aliphatic heterocycles. The van der Waals surface area contributed by atoms with Crippen LogP contribution < -0.4 is 10.2 Å². The summed E-state index contributed by atoms with van der Waals surface area (Å²) in [6.07, 6.45) is 27.9. The zero-order valence-corrected chi connectivity index (χ0v) is 45.5. The molecule has 0 N–H and O–H groups in total. The third-order valence-electron chi connectivity index (χ3n) is 11.5. The summed E-state index contributed by atoms with van der Waals surface area (Å²) >= 11 is 0. The van der Waals surface area contributed by atoms with Gasteiger partial charge in [-0.1, -0.05) is 151 Å². The Morgan fingerprint density at radius 2 is 0.677 bits per heavy atom. The number of carboxylic acid groups (broad SMARTS) is 2. The Labute approximate surface area is 434 Å². The summed E-state index contributed by atoms with van der Waals surface area (Å²) in [5.41, 5.74) is 2.45. The molecule has 364 valence electrons. The average molecular weight is 1030 g/mol. The van der Waals surface area contributed by atoms with E-state index in [1.807, 2.05) is 36.4 Å². The van der Waals surface area contributed by atoms with E-state index in [1.165, 1.54) is 89.2 Å².